The molecule has 0 aliphatic carbocycles. The Morgan fingerprint density at radius 1 is 0.818 bits per heavy atom. The van der Waals surface area contributed by atoms with Crippen molar-refractivity contribution in [2.75, 3.05) is 66.3 Å². The third kappa shape index (κ3) is 16.1. The molecule has 190 valence electrons. The van der Waals surface area contributed by atoms with E-state index in [0.717, 1.165) is 13.0 Å². The summed E-state index contributed by atoms with van der Waals surface area (Å²) in [6.45, 7) is 14.2. The van der Waals surface area contributed by atoms with E-state index in [1.54, 1.807) is 13.8 Å². The van der Waals surface area contributed by atoms with Crippen LogP contribution in [0.3, 0.4) is 0 Å². The summed E-state index contributed by atoms with van der Waals surface area (Å²) in [5.41, 5.74) is -0.0880. The Morgan fingerprint density at radius 2 is 1.30 bits per heavy atom. The van der Waals surface area contributed by atoms with E-state index < -0.39 is 5.54 Å². The largest absolute Gasteiger partial charge is 0.379 e. The molecule has 1 unspecified atom stereocenters. The zero-order valence-electron chi connectivity index (χ0n) is 20.4. The lowest BCUT2D eigenvalue weighted by Crippen LogP contribution is -2.59. The van der Waals surface area contributed by atoms with Crippen molar-refractivity contribution in [2.45, 2.75) is 38.6 Å². The lowest BCUT2D eigenvalue weighted by molar-refractivity contribution is -0.124. The first kappa shape index (κ1) is 30.7. The van der Waals surface area contributed by atoms with E-state index in [4.69, 9.17) is 14.2 Å². The number of rotatable bonds is 22. The highest BCUT2D eigenvalue weighted by Gasteiger charge is 2.33. The van der Waals surface area contributed by atoms with Gasteiger partial charge in [-0.25, -0.2) is 0 Å². The first-order valence-electron chi connectivity index (χ1n) is 11.2. The van der Waals surface area contributed by atoms with E-state index in [1.807, 2.05) is 7.05 Å². The molecule has 0 aromatic carbocycles. The van der Waals surface area contributed by atoms with Crippen LogP contribution in [-0.2, 0) is 28.6 Å². The maximum absolute atomic E-state index is 12.4. The second-order valence-electron chi connectivity index (χ2n) is 7.94. The average Bonchev–Trinajstić information content (AvgIpc) is 2.77. The van der Waals surface area contributed by atoms with Gasteiger partial charge in [-0.15, -0.1) is 0 Å². The lowest BCUT2D eigenvalue weighted by atomic mass is 10.0. The maximum Gasteiger partial charge on any atom is 0.246 e. The topological polar surface area (TPSA) is 127 Å². The van der Waals surface area contributed by atoms with Gasteiger partial charge in [0.25, 0.3) is 0 Å². The van der Waals surface area contributed by atoms with E-state index >= 15 is 0 Å². The second-order valence-corrected chi connectivity index (χ2v) is 7.94. The molecule has 10 nitrogen and oxygen atoms in total. The summed E-state index contributed by atoms with van der Waals surface area (Å²) in [5.74, 6) is -0.497. The van der Waals surface area contributed by atoms with Crippen molar-refractivity contribution < 1.29 is 28.6 Å². The Balaban J connectivity index is 4.95. The zero-order chi connectivity index (χ0) is 25.0. The van der Waals surface area contributed by atoms with Gasteiger partial charge in [-0.2, -0.15) is 0 Å². The molecular weight excluding hydrogens is 428 g/mol. The van der Waals surface area contributed by atoms with Gasteiger partial charge in [0.2, 0.25) is 18.2 Å². The Hall–Kier alpha value is -2.27. The maximum atomic E-state index is 12.4. The molecule has 0 rings (SSSR count). The zero-order valence-corrected chi connectivity index (χ0v) is 20.4. The molecule has 4 N–H and O–H groups in total. The predicted molar refractivity (Wildman–Crippen MR) is 128 cm³/mol. The molecule has 0 saturated carbocycles. The first-order valence-corrected chi connectivity index (χ1v) is 11.2. The molecule has 33 heavy (non-hydrogen) atoms. The molecule has 10 heteroatoms. The van der Waals surface area contributed by atoms with E-state index in [-0.39, 0.29) is 31.6 Å². The van der Waals surface area contributed by atoms with Crippen LogP contribution in [-0.4, -0.2) is 90.1 Å². The predicted octanol–water partition coefficient (Wildman–Crippen LogP) is 0.295. The number of amides is 3. The molecule has 3 amide bonds. The summed E-state index contributed by atoms with van der Waals surface area (Å²) in [4.78, 5) is 34.4. The molecular formula is C23H42N4O6. The molecule has 0 heterocycles. The molecule has 0 radical (unpaired) electrons. The highest BCUT2D eigenvalue weighted by Crippen LogP contribution is 2.11. The smallest absolute Gasteiger partial charge is 0.246 e. The van der Waals surface area contributed by atoms with Crippen LogP contribution in [0.1, 0.15) is 33.1 Å². The van der Waals surface area contributed by atoms with Crippen molar-refractivity contribution in [1.82, 2.24) is 21.3 Å². The van der Waals surface area contributed by atoms with E-state index in [9.17, 15) is 14.4 Å². The van der Waals surface area contributed by atoms with Crippen molar-refractivity contribution in [3.05, 3.63) is 24.3 Å². The van der Waals surface area contributed by atoms with Crippen LogP contribution in [0.25, 0.3) is 0 Å². The minimum absolute atomic E-state index is 0.166. The fraction of sp³-hybridized carbons (Fsp3) is 0.696. The number of hydrogen-bond acceptors (Lipinski definition) is 7. The standard InChI is InChI=1S/C23H42N4O6/c1-19(2)21(29)26-11-8-14-33-17-23(27-22(30)20(3)4,15-31-12-6-9-24-5)16-32-13-7-10-25-18-28/h18,24H,1,3,6-17H2,2,4-5H3,(H,25,28)(H,26,29)(H,27,30). The van der Waals surface area contributed by atoms with Crippen LogP contribution in [0.2, 0.25) is 0 Å². The SMILES string of the molecule is C=C(C)C(=O)NCCCOCC(COCCCNC)(COCCCNC=O)NC(=O)C(=C)C. The number of hydrogen-bond donors (Lipinski definition) is 4. The second kappa shape index (κ2) is 19.2. The Morgan fingerprint density at radius 3 is 1.76 bits per heavy atom. The molecule has 0 bridgehead atoms. The van der Waals surface area contributed by atoms with Crippen molar-refractivity contribution in [3.8, 4) is 0 Å². The molecule has 0 saturated heterocycles. The van der Waals surface area contributed by atoms with E-state index in [0.29, 0.717) is 63.3 Å². The van der Waals surface area contributed by atoms with Crippen molar-refractivity contribution in [1.29, 1.82) is 0 Å². The van der Waals surface area contributed by atoms with Crippen molar-refractivity contribution in [3.63, 3.8) is 0 Å². The van der Waals surface area contributed by atoms with Crippen molar-refractivity contribution >= 4 is 18.2 Å². The molecule has 0 aliphatic rings. The van der Waals surface area contributed by atoms with Gasteiger partial charge in [0.1, 0.15) is 5.54 Å². The van der Waals surface area contributed by atoms with E-state index in [2.05, 4.69) is 34.4 Å². The fourth-order valence-electron chi connectivity index (χ4n) is 2.60. The van der Waals surface area contributed by atoms with Gasteiger partial charge in [0, 0.05) is 44.1 Å². The van der Waals surface area contributed by atoms with Crippen LogP contribution < -0.4 is 21.3 Å². The lowest BCUT2D eigenvalue weighted by Gasteiger charge is -2.34. The van der Waals surface area contributed by atoms with Gasteiger partial charge >= 0.3 is 0 Å². The van der Waals surface area contributed by atoms with Crippen molar-refractivity contribution in [2.24, 2.45) is 0 Å². The summed E-state index contributed by atoms with van der Waals surface area (Å²) in [6.07, 6.45) is 2.70. The van der Waals surface area contributed by atoms with Crippen LogP contribution in [0, 0.1) is 0 Å². The average molecular weight is 471 g/mol. The third-order valence-corrected chi connectivity index (χ3v) is 4.45. The minimum atomic E-state index is -0.908. The van der Waals surface area contributed by atoms with E-state index in [1.165, 1.54) is 0 Å². The van der Waals surface area contributed by atoms with Crippen LogP contribution in [0.15, 0.2) is 24.3 Å². The number of carbonyl (C=O) groups is 3. The molecule has 1 atom stereocenters. The summed E-state index contributed by atoms with van der Waals surface area (Å²) < 4.78 is 17.5. The van der Waals surface area contributed by atoms with Gasteiger partial charge < -0.3 is 35.5 Å². The van der Waals surface area contributed by atoms with Gasteiger partial charge in [0.15, 0.2) is 0 Å². The Kier molecular flexibility index (Phi) is 17.9. The van der Waals surface area contributed by atoms with Gasteiger partial charge in [-0.3, -0.25) is 14.4 Å². The summed E-state index contributed by atoms with van der Waals surface area (Å²) >= 11 is 0. The number of ether oxygens (including phenoxy) is 3. The monoisotopic (exact) mass is 470 g/mol. The van der Waals surface area contributed by atoms with Gasteiger partial charge in [-0.1, -0.05) is 13.2 Å². The normalized spacial score (nSPS) is 12.5. The van der Waals surface area contributed by atoms with Crippen LogP contribution >= 0.6 is 0 Å². The van der Waals surface area contributed by atoms with Gasteiger partial charge in [-0.05, 0) is 46.7 Å². The Labute approximate surface area is 197 Å². The fourth-order valence-corrected chi connectivity index (χ4v) is 2.60. The highest BCUT2D eigenvalue weighted by molar-refractivity contribution is 5.92. The Bertz CT molecular complexity index is 614. The molecule has 0 aromatic heterocycles. The summed E-state index contributed by atoms with van der Waals surface area (Å²) in [5, 5.41) is 11.4. The highest BCUT2D eigenvalue weighted by atomic mass is 16.5. The molecule has 0 fully saturated rings. The first-order chi connectivity index (χ1) is 15.8. The third-order valence-electron chi connectivity index (χ3n) is 4.45. The molecule has 0 aromatic rings. The number of nitrogens with one attached hydrogen (secondary N) is 4. The summed E-state index contributed by atoms with van der Waals surface area (Å²) in [6, 6.07) is 0. The van der Waals surface area contributed by atoms with Crippen LogP contribution in [0.5, 0.6) is 0 Å². The molecule has 0 aliphatic heterocycles. The quantitative estimate of drug-likeness (QED) is 0.102. The minimum Gasteiger partial charge on any atom is -0.379 e. The number of carbonyl (C=O) groups excluding carboxylic acids is 3. The molecule has 0 spiro atoms. The van der Waals surface area contributed by atoms with Gasteiger partial charge in [0.05, 0.1) is 19.8 Å². The summed E-state index contributed by atoms with van der Waals surface area (Å²) in [7, 11) is 1.87. The van der Waals surface area contributed by atoms with Crippen LogP contribution in [0.4, 0.5) is 0 Å².